The Morgan fingerprint density at radius 3 is 2.24 bits per heavy atom. The number of piperidine rings is 1. The molecule has 25 heavy (non-hydrogen) atoms. The van der Waals surface area contributed by atoms with E-state index in [1.165, 1.54) is 16.7 Å². The highest BCUT2D eigenvalue weighted by Crippen LogP contribution is 2.34. The molecule has 132 valence electrons. The Morgan fingerprint density at radius 2 is 1.64 bits per heavy atom. The van der Waals surface area contributed by atoms with E-state index in [0.29, 0.717) is 19.7 Å². The fourth-order valence-corrected chi connectivity index (χ4v) is 3.75. The molecule has 0 bridgehead atoms. The van der Waals surface area contributed by atoms with E-state index in [1.807, 2.05) is 30.3 Å². The van der Waals surface area contributed by atoms with Gasteiger partial charge in [0.1, 0.15) is 6.61 Å². The molecule has 1 aliphatic heterocycles. The molecular weight excluding hydrogens is 312 g/mol. The first-order chi connectivity index (χ1) is 12.0. The van der Waals surface area contributed by atoms with Gasteiger partial charge < -0.3 is 15.4 Å². The van der Waals surface area contributed by atoms with Gasteiger partial charge in [-0.15, -0.1) is 0 Å². The first-order valence-electron chi connectivity index (χ1n) is 8.81. The van der Waals surface area contributed by atoms with Crippen molar-refractivity contribution in [3.05, 3.63) is 70.8 Å². The topological polar surface area (TPSA) is 55.6 Å². The highest BCUT2D eigenvalue weighted by molar-refractivity contribution is 5.67. The number of likely N-dealkylation sites (tertiary alicyclic amines) is 1. The minimum absolute atomic E-state index is 0.257. The molecule has 1 aliphatic rings. The summed E-state index contributed by atoms with van der Waals surface area (Å²) in [6.07, 6.45) is 1.24. The third-order valence-corrected chi connectivity index (χ3v) is 5.10. The van der Waals surface area contributed by atoms with Crippen LogP contribution in [0.25, 0.3) is 0 Å². The fraction of sp³-hybridized carbons (Fsp3) is 0.381. The van der Waals surface area contributed by atoms with E-state index >= 15 is 0 Å². The van der Waals surface area contributed by atoms with Crippen LogP contribution in [0.3, 0.4) is 0 Å². The molecule has 2 N–H and O–H groups in total. The van der Waals surface area contributed by atoms with Crippen molar-refractivity contribution in [1.29, 1.82) is 0 Å². The molecule has 0 spiro atoms. The molecule has 0 saturated carbocycles. The summed E-state index contributed by atoms with van der Waals surface area (Å²) in [6.45, 7) is 5.77. The molecule has 2 aromatic carbocycles. The van der Waals surface area contributed by atoms with Crippen molar-refractivity contribution in [2.45, 2.75) is 38.8 Å². The summed E-state index contributed by atoms with van der Waals surface area (Å²) >= 11 is 0. The molecule has 1 saturated heterocycles. The van der Waals surface area contributed by atoms with Crippen LogP contribution in [-0.2, 0) is 16.9 Å². The van der Waals surface area contributed by atoms with Gasteiger partial charge in [0.15, 0.2) is 0 Å². The first kappa shape index (κ1) is 17.5. The summed E-state index contributed by atoms with van der Waals surface area (Å²) in [4.78, 5) is 14.1. The number of carbonyl (C=O) groups is 1. The molecule has 0 radical (unpaired) electrons. The zero-order valence-electron chi connectivity index (χ0n) is 15.0. The predicted molar refractivity (Wildman–Crippen MR) is 99.2 cm³/mol. The maximum absolute atomic E-state index is 12.3. The number of nitrogens with zero attached hydrogens (tertiary/aromatic N) is 1. The summed E-state index contributed by atoms with van der Waals surface area (Å²) in [5.74, 6) is 0. The molecule has 4 heteroatoms. The van der Waals surface area contributed by atoms with Gasteiger partial charge >= 0.3 is 6.09 Å². The van der Waals surface area contributed by atoms with Crippen LogP contribution in [0, 0.1) is 13.8 Å². The second-order valence-corrected chi connectivity index (χ2v) is 6.95. The zero-order chi connectivity index (χ0) is 17.9. The Labute approximate surface area is 149 Å². The van der Waals surface area contributed by atoms with Gasteiger partial charge in [-0.1, -0.05) is 48.5 Å². The Balaban J connectivity index is 1.60. The monoisotopic (exact) mass is 338 g/mol. The maximum atomic E-state index is 12.3. The van der Waals surface area contributed by atoms with Gasteiger partial charge in [-0.05, 0) is 48.9 Å². The van der Waals surface area contributed by atoms with E-state index in [0.717, 1.165) is 18.4 Å². The SMILES string of the molecule is Cc1cccc(C)c1C1(N)CCN(C(=O)OCc2ccccc2)CC1. The minimum Gasteiger partial charge on any atom is -0.445 e. The van der Waals surface area contributed by atoms with Crippen LogP contribution in [0.15, 0.2) is 48.5 Å². The number of nitrogens with two attached hydrogens (primary N) is 1. The number of amides is 1. The molecule has 2 aromatic rings. The quantitative estimate of drug-likeness (QED) is 0.924. The summed E-state index contributed by atoms with van der Waals surface area (Å²) in [5.41, 5.74) is 11.0. The normalized spacial score (nSPS) is 16.5. The summed E-state index contributed by atoms with van der Waals surface area (Å²) in [6, 6.07) is 16.0. The number of benzene rings is 2. The van der Waals surface area contributed by atoms with Gasteiger partial charge in [0, 0.05) is 18.6 Å². The van der Waals surface area contributed by atoms with Gasteiger partial charge in [-0.25, -0.2) is 4.79 Å². The van der Waals surface area contributed by atoms with Gasteiger partial charge in [-0.3, -0.25) is 0 Å². The molecule has 0 unspecified atom stereocenters. The van der Waals surface area contributed by atoms with Crippen molar-refractivity contribution >= 4 is 6.09 Å². The van der Waals surface area contributed by atoms with Crippen molar-refractivity contribution in [3.8, 4) is 0 Å². The third-order valence-electron chi connectivity index (χ3n) is 5.10. The van der Waals surface area contributed by atoms with E-state index < -0.39 is 0 Å². The van der Waals surface area contributed by atoms with E-state index in [9.17, 15) is 4.79 Å². The van der Waals surface area contributed by atoms with Crippen molar-refractivity contribution in [3.63, 3.8) is 0 Å². The van der Waals surface area contributed by atoms with Crippen molar-refractivity contribution in [1.82, 2.24) is 4.90 Å². The Hall–Kier alpha value is -2.33. The van der Waals surface area contributed by atoms with Gasteiger partial charge in [-0.2, -0.15) is 0 Å². The molecule has 0 aliphatic carbocycles. The van der Waals surface area contributed by atoms with Crippen LogP contribution in [-0.4, -0.2) is 24.1 Å². The molecule has 4 nitrogen and oxygen atoms in total. The van der Waals surface area contributed by atoms with Gasteiger partial charge in [0.05, 0.1) is 0 Å². The first-order valence-corrected chi connectivity index (χ1v) is 8.81. The van der Waals surface area contributed by atoms with E-state index in [-0.39, 0.29) is 11.6 Å². The van der Waals surface area contributed by atoms with Gasteiger partial charge in [0.2, 0.25) is 0 Å². The lowest BCUT2D eigenvalue weighted by molar-refractivity contribution is 0.0778. The second-order valence-electron chi connectivity index (χ2n) is 6.95. The van der Waals surface area contributed by atoms with Crippen LogP contribution in [0.5, 0.6) is 0 Å². The van der Waals surface area contributed by atoms with Gasteiger partial charge in [0.25, 0.3) is 0 Å². The molecule has 0 aromatic heterocycles. The highest BCUT2D eigenvalue weighted by Gasteiger charge is 2.36. The lowest BCUT2D eigenvalue weighted by Gasteiger charge is -2.40. The maximum Gasteiger partial charge on any atom is 0.410 e. The summed E-state index contributed by atoms with van der Waals surface area (Å²) in [7, 11) is 0. The number of aryl methyl sites for hydroxylation is 2. The summed E-state index contributed by atoms with van der Waals surface area (Å²) in [5, 5.41) is 0. The van der Waals surface area contributed by atoms with Crippen LogP contribution in [0.4, 0.5) is 4.79 Å². The standard InChI is InChI=1S/C21H26N2O2/c1-16-7-6-8-17(2)19(16)21(22)11-13-23(14-12-21)20(24)25-15-18-9-4-3-5-10-18/h3-10H,11-15,22H2,1-2H3. The highest BCUT2D eigenvalue weighted by atomic mass is 16.6. The van der Waals surface area contributed by atoms with E-state index in [1.54, 1.807) is 4.90 Å². The van der Waals surface area contributed by atoms with Crippen LogP contribution >= 0.6 is 0 Å². The average molecular weight is 338 g/mol. The Morgan fingerprint density at radius 1 is 1.04 bits per heavy atom. The van der Waals surface area contributed by atoms with Crippen molar-refractivity contribution in [2.75, 3.05) is 13.1 Å². The lowest BCUT2D eigenvalue weighted by atomic mass is 9.78. The molecule has 3 rings (SSSR count). The zero-order valence-corrected chi connectivity index (χ0v) is 15.0. The third kappa shape index (κ3) is 3.85. The molecule has 0 atom stereocenters. The number of ether oxygens (including phenoxy) is 1. The second kappa shape index (κ2) is 7.28. The number of hydrogen-bond acceptors (Lipinski definition) is 3. The van der Waals surface area contributed by atoms with E-state index in [2.05, 4.69) is 32.0 Å². The molecule has 1 fully saturated rings. The molecule has 1 amide bonds. The van der Waals surface area contributed by atoms with Crippen LogP contribution in [0.2, 0.25) is 0 Å². The molecule has 1 heterocycles. The van der Waals surface area contributed by atoms with Crippen molar-refractivity contribution < 1.29 is 9.53 Å². The number of hydrogen-bond donors (Lipinski definition) is 1. The number of rotatable bonds is 3. The average Bonchev–Trinajstić information content (AvgIpc) is 2.61. The fourth-order valence-electron chi connectivity index (χ4n) is 3.75. The largest absolute Gasteiger partial charge is 0.445 e. The van der Waals surface area contributed by atoms with Crippen LogP contribution < -0.4 is 5.73 Å². The minimum atomic E-state index is -0.369. The Bertz CT molecular complexity index is 715. The predicted octanol–water partition coefficient (Wildman–Crippen LogP) is 3.89. The molecular formula is C21H26N2O2. The smallest absolute Gasteiger partial charge is 0.410 e. The number of carbonyl (C=O) groups excluding carboxylic acids is 1. The summed E-state index contributed by atoms with van der Waals surface area (Å²) < 4.78 is 5.44. The van der Waals surface area contributed by atoms with Crippen molar-refractivity contribution in [2.24, 2.45) is 5.73 Å². The van der Waals surface area contributed by atoms with Crippen LogP contribution in [0.1, 0.15) is 35.1 Å². The lowest BCUT2D eigenvalue weighted by Crippen LogP contribution is -2.50. The van der Waals surface area contributed by atoms with E-state index in [4.69, 9.17) is 10.5 Å². The Kier molecular flexibility index (Phi) is 5.09.